The van der Waals surface area contributed by atoms with E-state index in [0.29, 0.717) is 5.56 Å². The zero-order valence-electron chi connectivity index (χ0n) is 8.77. The summed E-state index contributed by atoms with van der Waals surface area (Å²) in [6, 6.07) is 4.87. The molecule has 0 bridgehead atoms. The van der Waals surface area contributed by atoms with Crippen molar-refractivity contribution >= 4 is 10.9 Å². The number of nitrogens with two attached hydrogens (primary N) is 1. The molecule has 17 heavy (non-hydrogen) atoms. The average Bonchev–Trinajstić information content (AvgIpc) is 2.94. The van der Waals surface area contributed by atoms with Crippen LogP contribution in [0.2, 0.25) is 0 Å². The van der Waals surface area contributed by atoms with Gasteiger partial charge in [0.1, 0.15) is 5.82 Å². The van der Waals surface area contributed by atoms with Gasteiger partial charge in [0.05, 0.1) is 12.1 Å². The first kappa shape index (κ1) is 9.98. The Labute approximate surface area is 95.4 Å². The Morgan fingerprint density at radius 3 is 3.06 bits per heavy atom. The molecule has 3 N–H and O–H groups in total. The third-order valence-corrected chi connectivity index (χ3v) is 2.52. The van der Waals surface area contributed by atoms with Crippen molar-refractivity contribution in [2.75, 3.05) is 0 Å². The molecule has 0 amide bonds. The standard InChI is InChI=1S/C11H9FN4O/c12-8-3-6-1-2-14-9(6)4-7(8)11-15-10(5-13)17-16-11/h1-4,14H,5,13H2. The molecule has 0 fully saturated rings. The molecule has 0 saturated carbocycles. The minimum absolute atomic E-state index is 0.138. The fraction of sp³-hybridized carbons (Fsp3) is 0.0909. The molecule has 86 valence electrons. The Balaban J connectivity index is 2.18. The van der Waals surface area contributed by atoms with Crippen LogP contribution in [-0.2, 0) is 6.54 Å². The predicted octanol–water partition coefficient (Wildman–Crippen LogP) is 1.82. The van der Waals surface area contributed by atoms with Crippen molar-refractivity contribution in [1.82, 2.24) is 15.1 Å². The second-order valence-electron chi connectivity index (χ2n) is 3.61. The summed E-state index contributed by atoms with van der Waals surface area (Å²) in [5, 5.41) is 4.49. The van der Waals surface area contributed by atoms with E-state index in [1.54, 1.807) is 18.3 Å². The maximum atomic E-state index is 13.8. The van der Waals surface area contributed by atoms with E-state index in [4.69, 9.17) is 10.3 Å². The van der Waals surface area contributed by atoms with Gasteiger partial charge in [-0.3, -0.25) is 0 Å². The topological polar surface area (TPSA) is 80.7 Å². The van der Waals surface area contributed by atoms with Gasteiger partial charge in [-0.05, 0) is 18.2 Å². The van der Waals surface area contributed by atoms with Gasteiger partial charge in [0.15, 0.2) is 0 Å². The zero-order chi connectivity index (χ0) is 11.8. The van der Waals surface area contributed by atoms with Crippen LogP contribution in [0.4, 0.5) is 4.39 Å². The first-order chi connectivity index (χ1) is 8.28. The van der Waals surface area contributed by atoms with Gasteiger partial charge in [0.2, 0.25) is 11.7 Å². The monoisotopic (exact) mass is 232 g/mol. The second kappa shape index (κ2) is 3.67. The largest absolute Gasteiger partial charge is 0.361 e. The van der Waals surface area contributed by atoms with E-state index in [1.807, 2.05) is 0 Å². The summed E-state index contributed by atoms with van der Waals surface area (Å²) >= 11 is 0. The van der Waals surface area contributed by atoms with Crippen molar-refractivity contribution in [2.24, 2.45) is 5.73 Å². The van der Waals surface area contributed by atoms with Gasteiger partial charge in [0.25, 0.3) is 0 Å². The van der Waals surface area contributed by atoms with Crippen LogP contribution < -0.4 is 5.73 Å². The summed E-state index contributed by atoms with van der Waals surface area (Å²) in [6.07, 6.45) is 1.75. The van der Waals surface area contributed by atoms with E-state index in [0.717, 1.165) is 10.9 Å². The van der Waals surface area contributed by atoms with Gasteiger partial charge in [-0.1, -0.05) is 5.16 Å². The van der Waals surface area contributed by atoms with Gasteiger partial charge in [-0.2, -0.15) is 4.98 Å². The number of halogens is 1. The van der Waals surface area contributed by atoms with E-state index in [-0.39, 0.29) is 24.1 Å². The summed E-state index contributed by atoms with van der Waals surface area (Å²) in [5.74, 6) is 0.104. The van der Waals surface area contributed by atoms with E-state index < -0.39 is 0 Å². The Bertz CT molecular complexity index is 673. The van der Waals surface area contributed by atoms with Crippen molar-refractivity contribution in [3.05, 3.63) is 36.1 Å². The number of aromatic amines is 1. The third kappa shape index (κ3) is 1.58. The molecular formula is C11H9FN4O. The molecular weight excluding hydrogens is 223 g/mol. The Kier molecular flexibility index (Phi) is 2.15. The zero-order valence-corrected chi connectivity index (χ0v) is 8.77. The smallest absolute Gasteiger partial charge is 0.240 e. The van der Waals surface area contributed by atoms with Crippen molar-refractivity contribution in [3.63, 3.8) is 0 Å². The van der Waals surface area contributed by atoms with Gasteiger partial charge in [-0.25, -0.2) is 4.39 Å². The normalized spacial score (nSPS) is 11.2. The van der Waals surface area contributed by atoms with Crippen molar-refractivity contribution < 1.29 is 8.91 Å². The van der Waals surface area contributed by atoms with Crippen molar-refractivity contribution in [1.29, 1.82) is 0 Å². The van der Waals surface area contributed by atoms with Crippen LogP contribution in [0.15, 0.2) is 28.9 Å². The number of H-pyrrole nitrogens is 1. The van der Waals surface area contributed by atoms with Gasteiger partial charge >= 0.3 is 0 Å². The second-order valence-corrected chi connectivity index (χ2v) is 3.61. The number of fused-ring (bicyclic) bond motifs is 1. The number of aromatic nitrogens is 3. The lowest BCUT2D eigenvalue weighted by Gasteiger charge is -1.98. The Morgan fingerprint density at radius 1 is 1.41 bits per heavy atom. The molecule has 1 aromatic carbocycles. The summed E-state index contributed by atoms with van der Waals surface area (Å²) in [4.78, 5) is 6.99. The van der Waals surface area contributed by atoms with Crippen LogP contribution in [0, 0.1) is 5.82 Å². The SMILES string of the molecule is NCc1nc(-c2cc3[nH]ccc3cc2F)no1. The molecule has 0 atom stereocenters. The highest BCUT2D eigenvalue weighted by Gasteiger charge is 2.13. The first-order valence-corrected chi connectivity index (χ1v) is 5.07. The lowest BCUT2D eigenvalue weighted by molar-refractivity contribution is 0.380. The molecule has 2 heterocycles. The van der Waals surface area contributed by atoms with Gasteiger partial charge in [0, 0.05) is 17.1 Å². The average molecular weight is 232 g/mol. The van der Waals surface area contributed by atoms with Crippen molar-refractivity contribution in [2.45, 2.75) is 6.54 Å². The summed E-state index contributed by atoms with van der Waals surface area (Å²) in [7, 11) is 0. The highest BCUT2D eigenvalue weighted by atomic mass is 19.1. The van der Waals surface area contributed by atoms with Crippen molar-refractivity contribution in [3.8, 4) is 11.4 Å². The number of hydrogen-bond acceptors (Lipinski definition) is 4. The Morgan fingerprint density at radius 2 is 2.29 bits per heavy atom. The molecule has 0 saturated heterocycles. The molecule has 0 spiro atoms. The van der Waals surface area contributed by atoms with Gasteiger partial charge in [-0.15, -0.1) is 0 Å². The lowest BCUT2D eigenvalue weighted by atomic mass is 10.1. The molecule has 0 aliphatic carbocycles. The van der Waals surface area contributed by atoms with E-state index in [1.165, 1.54) is 6.07 Å². The number of rotatable bonds is 2. The highest BCUT2D eigenvalue weighted by molar-refractivity contribution is 5.83. The maximum Gasteiger partial charge on any atom is 0.240 e. The summed E-state index contributed by atoms with van der Waals surface area (Å²) < 4.78 is 18.7. The van der Waals surface area contributed by atoms with Crippen LogP contribution in [0.5, 0.6) is 0 Å². The molecule has 6 heteroatoms. The van der Waals surface area contributed by atoms with E-state index >= 15 is 0 Å². The fourth-order valence-electron chi connectivity index (χ4n) is 1.69. The number of hydrogen-bond donors (Lipinski definition) is 2. The predicted molar refractivity (Wildman–Crippen MR) is 59.4 cm³/mol. The minimum atomic E-state index is -0.388. The molecule has 0 aliphatic heterocycles. The quantitative estimate of drug-likeness (QED) is 0.706. The van der Waals surface area contributed by atoms with Crippen LogP contribution >= 0.6 is 0 Å². The molecule has 5 nitrogen and oxygen atoms in total. The molecule has 3 aromatic rings. The molecule has 2 aromatic heterocycles. The summed E-state index contributed by atoms with van der Waals surface area (Å²) in [6.45, 7) is 0.138. The van der Waals surface area contributed by atoms with E-state index in [2.05, 4.69) is 15.1 Å². The molecule has 0 radical (unpaired) electrons. The fourth-order valence-corrected chi connectivity index (χ4v) is 1.69. The molecule has 0 unspecified atom stereocenters. The molecule has 3 rings (SSSR count). The summed E-state index contributed by atoms with van der Waals surface area (Å²) in [5.41, 5.74) is 6.47. The van der Waals surface area contributed by atoms with Crippen LogP contribution in [0.25, 0.3) is 22.3 Å². The lowest BCUT2D eigenvalue weighted by Crippen LogP contribution is -1.96. The number of benzene rings is 1. The minimum Gasteiger partial charge on any atom is -0.361 e. The van der Waals surface area contributed by atoms with Crippen LogP contribution in [0.3, 0.4) is 0 Å². The van der Waals surface area contributed by atoms with Crippen LogP contribution in [-0.4, -0.2) is 15.1 Å². The number of nitrogens with one attached hydrogen (secondary N) is 1. The highest BCUT2D eigenvalue weighted by Crippen LogP contribution is 2.25. The first-order valence-electron chi connectivity index (χ1n) is 5.07. The molecule has 0 aliphatic rings. The van der Waals surface area contributed by atoms with Gasteiger partial charge < -0.3 is 15.2 Å². The number of nitrogens with zero attached hydrogens (tertiary/aromatic N) is 2. The Hall–Kier alpha value is -2.21. The van der Waals surface area contributed by atoms with E-state index in [9.17, 15) is 4.39 Å². The van der Waals surface area contributed by atoms with Crippen LogP contribution in [0.1, 0.15) is 5.89 Å². The third-order valence-electron chi connectivity index (χ3n) is 2.52. The maximum absolute atomic E-state index is 13.8.